The average molecular weight is 237 g/mol. The number of hydrogen-bond donors (Lipinski definition) is 1. The van der Waals surface area contributed by atoms with Crippen molar-refractivity contribution >= 4 is 11.5 Å². The molecule has 0 bridgehead atoms. The van der Waals surface area contributed by atoms with E-state index in [-0.39, 0.29) is 24.5 Å². The summed E-state index contributed by atoms with van der Waals surface area (Å²) in [4.78, 5) is 10.5. The van der Waals surface area contributed by atoms with Gasteiger partial charge in [-0.3, -0.25) is 10.1 Å². The van der Waals surface area contributed by atoms with Crippen LogP contribution < -0.4 is 5.73 Å². The number of nitrogen functional groups attached to an aromatic ring is 1. The van der Waals surface area contributed by atoms with Crippen LogP contribution in [0.15, 0.2) is 0 Å². The molecule has 0 aromatic carbocycles. The molecule has 1 heterocycles. The van der Waals surface area contributed by atoms with Crippen molar-refractivity contribution in [1.29, 1.82) is 5.26 Å². The summed E-state index contributed by atoms with van der Waals surface area (Å²) in [6.07, 6.45) is 0.215. The molecule has 2 N–H and O–H groups in total. The van der Waals surface area contributed by atoms with Gasteiger partial charge in [0.25, 0.3) is 0 Å². The molecule has 1 aromatic heterocycles. The second kappa shape index (κ2) is 4.41. The molecule has 0 aliphatic heterocycles. The van der Waals surface area contributed by atoms with E-state index in [4.69, 9.17) is 11.0 Å². The lowest BCUT2D eigenvalue weighted by atomic mass is 9.91. The maximum absolute atomic E-state index is 11.0. The number of hydrogen-bond acceptors (Lipinski definition) is 5. The van der Waals surface area contributed by atoms with Gasteiger partial charge in [0.15, 0.2) is 0 Å². The second-order valence-corrected chi connectivity index (χ2v) is 4.72. The molecule has 1 aromatic rings. The van der Waals surface area contributed by atoms with Crippen molar-refractivity contribution in [2.75, 3.05) is 5.73 Å². The van der Waals surface area contributed by atoms with Crippen molar-refractivity contribution in [1.82, 2.24) is 9.78 Å². The van der Waals surface area contributed by atoms with Crippen LogP contribution >= 0.6 is 0 Å². The Labute approximate surface area is 99.0 Å². The van der Waals surface area contributed by atoms with E-state index in [0.717, 1.165) is 0 Å². The summed E-state index contributed by atoms with van der Waals surface area (Å²) >= 11 is 0. The predicted molar refractivity (Wildman–Crippen MR) is 62.2 cm³/mol. The quantitative estimate of drug-likeness (QED) is 0.633. The number of nitriles is 1. The van der Waals surface area contributed by atoms with E-state index in [9.17, 15) is 10.1 Å². The summed E-state index contributed by atoms with van der Waals surface area (Å²) in [5, 5.41) is 23.6. The van der Waals surface area contributed by atoms with Crippen LogP contribution in [-0.2, 0) is 12.0 Å². The lowest BCUT2D eigenvalue weighted by Crippen LogP contribution is -2.14. The first-order chi connectivity index (χ1) is 7.79. The van der Waals surface area contributed by atoms with E-state index in [1.165, 1.54) is 4.68 Å². The predicted octanol–water partition coefficient (Wildman–Crippen LogP) is 1.58. The van der Waals surface area contributed by atoms with Crippen LogP contribution in [0.5, 0.6) is 0 Å². The highest BCUT2D eigenvalue weighted by Crippen LogP contribution is 2.34. The molecule has 0 atom stereocenters. The Balaban J connectivity index is 3.31. The van der Waals surface area contributed by atoms with Crippen LogP contribution in [0.3, 0.4) is 0 Å². The molecule has 0 radical (unpaired) electrons. The third-order valence-corrected chi connectivity index (χ3v) is 2.29. The maximum atomic E-state index is 11.0. The van der Waals surface area contributed by atoms with Gasteiger partial charge in [-0.05, 0) is 0 Å². The van der Waals surface area contributed by atoms with Gasteiger partial charge >= 0.3 is 5.69 Å². The normalized spacial score (nSPS) is 11.2. The number of aryl methyl sites for hydroxylation is 1. The summed E-state index contributed by atoms with van der Waals surface area (Å²) in [5.74, 6) is 0.00942. The number of rotatable bonds is 3. The van der Waals surface area contributed by atoms with Gasteiger partial charge in [0.2, 0.25) is 5.82 Å². The first-order valence-electron chi connectivity index (χ1n) is 5.17. The number of aromatic nitrogens is 2. The Morgan fingerprint density at radius 2 is 2.18 bits per heavy atom. The highest BCUT2D eigenvalue weighted by atomic mass is 16.6. The van der Waals surface area contributed by atoms with Gasteiger partial charge in [0.1, 0.15) is 5.69 Å². The first-order valence-corrected chi connectivity index (χ1v) is 5.17. The molecular formula is C10H15N5O2. The highest BCUT2D eigenvalue weighted by molar-refractivity contribution is 5.58. The van der Waals surface area contributed by atoms with Crippen molar-refractivity contribution < 1.29 is 4.92 Å². The minimum Gasteiger partial charge on any atom is -0.378 e. The Morgan fingerprint density at radius 3 is 2.53 bits per heavy atom. The van der Waals surface area contributed by atoms with Gasteiger partial charge in [0, 0.05) is 5.41 Å². The number of nitrogens with two attached hydrogens (primary N) is 1. The molecule has 17 heavy (non-hydrogen) atoms. The van der Waals surface area contributed by atoms with Crippen LogP contribution in [-0.4, -0.2) is 14.7 Å². The van der Waals surface area contributed by atoms with Gasteiger partial charge in [-0.25, -0.2) is 4.68 Å². The first kappa shape index (κ1) is 13.0. The van der Waals surface area contributed by atoms with Crippen LogP contribution in [0.2, 0.25) is 0 Å². The van der Waals surface area contributed by atoms with Gasteiger partial charge in [-0.15, -0.1) is 0 Å². The minimum absolute atomic E-state index is 0.00942. The molecule has 0 aliphatic rings. The molecule has 0 saturated heterocycles. The zero-order valence-electron chi connectivity index (χ0n) is 10.1. The number of nitro groups is 1. The molecule has 0 fully saturated rings. The van der Waals surface area contributed by atoms with Gasteiger partial charge in [-0.1, -0.05) is 20.8 Å². The number of anilines is 1. The molecule has 0 amide bonds. The van der Waals surface area contributed by atoms with E-state index >= 15 is 0 Å². The molecular weight excluding hydrogens is 222 g/mol. The minimum atomic E-state index is -0.522. The zero-order valence-corrected chi connectivity index (χ0v) is 10.1. The molecule has 7 nitrogen and oxygen atoms in total. The van der Waals surface area contributed by atoms with Gasteiger partial charge < -0.3 is 5.73 Å². The van der Waals surface area contributed by atoms with Crippen molar-refractivity contribution in [3.05, 3.63) is 15.8 Å². The molecule has 0 spiro atoms. The summed E-state index contributed by atoms with van der Waals surface area (Å²) in [6, 6.07) is 1.95. The topological polar surface area (TPSA) is 111 Å². The van der Waals surface area contributed by atoms with E-state index in [1.54, 1.807) is 0 Å². The SMILES string of the molecule is CC(C)(C)c1nn(CCC#N)c(N)c1[N+](=O)[O-]. The summed E-state index contributed by atoms with van der Waals surface area (Å²) in [6.45, 7) is 5.75. The lowest BCUT2D eigenvalue weighted by molar-refractivity contribution is -0.385. The third kappa shape index (κ3) is 2.53. The van der Waals surface area contributed by atoms with Crippen LogP contribution in [0.25, 0.3) is 0 Å². The Bertz CT molecular complexity index is 478. The largest absolute Gasteiger partial charge is 0.378 e. The Kier molecular flexibility index (Phi) is 3.36. The van der Waals surface area contributed by atoms with E-state index < -0.39 is 10.3 Å². The fraction of sp³-hybridized carbons (Fsp3) is 0.600. The van der Waals surface area contributed by atoms with Crippen molar-refractivity contribution in [2.24, 2.45) is 0 Å². The molecule has 92 valence electrons. The Morgan fingerprint density at radius 1 is 1.59 bits per heavy atom. The van der Waals surface area contributed by atoms with Crippen LogP contribution in [0.4, 0.5) is 11.5 Å². The standard InChI is InChI=1S/C10H15N5O2/c1-10(2,3)8-7(15(16)17)9(12)14(13-8)6-4-5-11/h4,6,12H2,1-3H3. The average Bonchev–Trinajstić information content (AvgIpc) is 2.52. The van der Waals surface area contributed by atoms with Crippen LogP contribution in [0.1, 0.15) is 32.9 Å². The molecule has 0 saturated carbocycles. The van der Waals surface area contributed by atoms with Gasteiger partial charge in [-0.2, -0.15) is 10.4 Å². The molecule has 0 aliphatic carbocycles. The molecule has 7 heteroatoms. The fourth-order valence-electron chi connectivity index (χ4n) is 1.48. The number of nitrogens with zero attached hydrogens (tertiary/aromatic N) is 4. The highest BCUT2D eigenvalue weighted by Gasteiger charge is 2.33. The fourth-order valence-corrected chi connectivity index (χ4v) is 1.48. The Hall–Kier alpha value is -2.10. The summed E-state index contributed by atoms with van der Waals surface area (Å²) in [5.41, 5.74) is 5.42. The van der Waals surface area contributed by atoms with E-state index in [0.29, 0.717) is 5.69 Å². The van der Waals surface area contributed by atoms with E-state index in [2.05, 4.69) is 5.10 Å². The molecule has 0 unspecified atom stereocenters. The van der Waals surface area contributed by atoms with Crippen molar-refractivity contribution in [2.45, 2.75) is 39.2 Å². The van der Waals surface area contributed by atoms with Crippen LogP contribution in [0, 0.1) is 21.4 Å². The monoisotopic (exact) mass is 237 g/mol. The van der Waals surface area contributed by atoms with Gasteiger partial charge in [0.05, 0.1) is 24.0 Å². The second-order valence-electron chi connectivity index (χ2n) is 4.72. The zero-order chi connectivity index (χ0) is 13.2. The molecule has 1 rings (SSSR count). The summed E-state index contributed by atoms with van der Waals surface area (Å²) < 4.78 is 1.32. The third-order valence-electron chi connectivity index (χ3n) is 2.29. The summed E-state index contributed by atoms with van der Waals surface area (Å²) in [7, 11) is 0. The maximum Gasteiger partial charge on any atom is 0.334 e. The lowest BCUT2D eigenvalue weighted by Gasteiger charge is -2.13. The smallest absolute Gasteiger partial charge is 0.334 e. The van der Waals surface area contributed by atoms with E-state index in [1.807, 2.05) is 26.8 Å². The van der Waals surface area contributed by atoms with Crippen molar-refractivity contribution in [3.63, 3.8) is 0 Å². The van der Waals surface area contributed by atoms with Crippen molar-refractivity contribution in [3.8, 4) is 6.07 Å².